The van der Waals surface area contributed by atoms with Crippen LogP contribution < -0.4 is 5.73 Å². The van der Waals surface area contributed by atoms with Crippen molar-refractivity contribution in [1.82, 2.24) is 9.55 Å². The number of rotatable bonds is 4. The van der Waals surface area contributed by atoms with E-state index in [1.807, 2.05) is 37.5 Å². The Balaban J connectivity index is 2.49. The topological polar surface area (TPSA) is 43.8 Å². The number of aromatic nitrogens is 2. The molecule has 1 unspecified atom stereocenters. The smallest absolute Gasteiger partial charge is 0.112 e. The zero-order chi connectivity index (χ0) is 13.1. The predicted molar refractivity (Wildman–Crippen MR) is 75.3 cm³/mol. The summed E-state index contributed by atoms with van der Waals surface area (Å²) in [6.45, 7) is 4.10. The Hall–Kier alpha value is -1.32. The van der Waals surface area contributed by atoms with Crippen LogP contribution in [0.15, 0.2) is 30.6 Å². The summed E-state index contributed by atoms with van der Waals surface area (Å²) in [4.78, 5) is 4.35. The zero-order valence-electron chi connectivity index (χ0n) is 10.7. The lowest BCUT2D eigenvalue weighted by molar-refractivity contribution is 0.731. The second-order valence-corrected chi connectivity index (χ2v) is 4.96. The second kappa shape index (κ2) is 5.55. The van der Waals surface area contributed by atoms with E-state index >= 15 is 0 Å². The van der Waals surface area contributed by atoms with Crippen molar-refractivity contribution in [1.29, 1.82) is 0 Å². The van der Waals surface area contributed by atoms with Crippen LogP contribution in [0.3, 0.4) is 0 Å². The molecule has 2 aromatic rings. The molecule has 1 aromatic heterocycles. The van der Waals surface area contributed by atoms with Crippen molar-refractivity contribution in [2.45, 2.75) is 32.7 Å². The average Bonchev–Trinajstić information content (AvgIpc) is 2.76. The van der Waals surface area contributed by atoms with Crippen molar-refractivity contribution in [2.75, 3.05) is 0 Å². The number of nitrogens with zero attached hydrogens (tertiary/aromatic N) is 2. The van der Waals surface area contributed by atoms with Gasteiger partial charge in [-0.1, -0.05) is 18.5 Å². The Labute approximate surface area is 113 Å². The number of benzene rings is 1. The van der Waals surface area contributed by atoms with Gasteiger partial charge in [-0.2, -0.15) is 0 Å². The molecule has 0 bridgehead atoms. The van der Waals surface area contributed by atoms with E-state index < -0.39 is 0 Å². The van der Waals surface area contributed by atoms with Crippen molar-refractivity contribution < 1.29 is 0 Å². The summed E-state index contributed by atoms with van der Waals surface area (Å²) in [5.74, 6) is 1.04. The van der Waals surface area contributed by atoms with E-state index in [0.717, 1.165) is 34.9 Å². The molecule has 0 fully saturated rings. The van der Waals surface area contributed by atoms with Gasteiger partial charge in [0.15, 0.2) is 0 Å². The predicted octanol–water partition coefficient (Wildman–Crippen LogP) is 2.98. The molecule has 3 nitrogen and oxygen atoms in total. The minimum Gasteiger partial charge on any atom is -0.328 e. The third-order valence-corrected chi connectivity index (χ3v) is 3.11. The monoisotopic (exact) mass is 263 g/mol. The molecule has 0 saturated heterocycles. The Bertz CT molecular complexity index is 532. The van der Waals surface area contributed by atoms with Gasteiger partial charge < -0.3 is 10.3 Å². The fourth-order valence-electron chi connectivity index (χ4n) is 2.11. The molecule has 0 saturated carbocycles. The van der Waals surface area contributed by atoms with Gasteiger partial charge in [0.1, 0.15) is 5.82 Å². The van der Waals surface area contributed by atoms with Crippen LogP contribution in [0.1, 0.15) is 25.2 Å². The van der Waals surface area contributed by atoms with Crippen LogP contribution in [0, 0.1) is 0 Å². The molecule has 1 heterocycles. The summed E-state index contributed by atoms with van der Waals surface area (Å²) in [6, 6.07) is 6.03. The lowest BCUT2D eigenvalue weighted by Gasteiger charge is -2.14. The largest absolute Gasteiger partial charge is 0.328 e. The first-order chi connectivity index (χ1) is 8.61. The molecule has 0 spiro atoms. The van der Waals surface area contributed by atoms with Crippen molar-refractivity contribution in [3.8, 4) is 5.69 Å². The minimum atomic E-state index is 0.107. The van der Waals surface area contributed by atoms with Gasteiger partial charge in [-0.25, -0.2) is 4.98 Å². The highest BCUT2D eigenvalue weighted by Gasteiger charge is 2.10. The molecule has 0 aliphatic rings. The average molecular weight is 264 g/mol. The van der Waals surface area contributed by atoms with Crippen LogP contribution in [-0.4, -0.2) is 15.6 Å². The van der Waals surface area contributed by atoms with Gasteiger partial charge in [0.25, 0.3) is 0 Å². The first kappa shape index (κ1) is 13.1. The van der Waals surface area contributed by atoms with Crippen LogP contribution in [-0.2, 0) is 12.8 Å². The molecule has 0 aliphatic heterocycles. The quantitative estimate of drug-likeness (QED) is 0.922. The summed E-state index contributed by atoms with van der Waals surface area (Å²) < 4.78 is 2.11. The Morgan fingerprint density at radius 1 is 1.44 bits per heavy atom. The maximum Gasteiger partial charge on any atom is 0.112 e. The molecule has 0 radical (unpaired) electrons. The fraction of sp³-hybridized carbons (Fsp3) is 0.357. The van der Waals surface area contributed by atoms with Crippen molar-refractivity contribution >= 4 is 11.6 Å². The lowest BCUT2D eigenvalue weighted by Crippen LogP contribution is -2.19. The Morgan fingerprint density at radius 2 is 2.22 bits per heavy atom. The summed E-state index contributed by atoms with van der Waals surface area (Å²) in [7, 11) is 0. The normalized spacial score (nSPS) is 12.7. The SMILES string of the molecule is CCc1nccn1-c1ccc(Cl)cc1CC(C)N. The van der Waals surface area contributed by atoms with Gasteiger partial charge in [-0.15, -0.1) is 0 Å². The van der Waals surface area contributed by atoms with Gasteiger partial charge in [0.2, 0.25) is 0 Å². The lowest BCUT2D eigenvalue weighted by atomic mass is 10.1. The van der Waals surface area contributed by atoms with Crippen LogP contribution >= 0.6 is 11.6 Å². The Morgan fingerprint density at radius 3 is 2.89 bits per heavy atom. The van der Waals surface area contributed by atoms with Crippen LogP contribution in [0.2, 0.25) is 5.02 Å². The zero-order valence-corrected chi connectivity index (χ0v) is 11.5. The van der Waals surface area contributed by atoms with Gasteiger partial charge in [-0.05, 0) is 37.1 Å². The van der Waals surface area contributed by atoms with Crippen molar-refractivity contribution in [2.24, 2.45) is 5.73 Å². The van der Waals surface area contributed by atoms with E-state index in [-0.39, 0.29) is 6.04 Å². The summed E-state index contributed by atoms with van der Waals surface area (Å²) in [5.41, 5.74) is 8.17. The highest BCUT2D eigenvalue weighted by Crippen LogP contribution is 2.22. The third kappa shape index (κ3) is 2.74. The minimum absolute atomic E-state index is 0.107. The summed E-state index contributed by atoms with van der Waals surface area (Å²) in [5, 5.41) is 0.743. The van der Waals surface area contributed by atoms with Crippen LogP contribution in [0.25, 0.3) is 5.69 Å². The third-order valence-electron chi connectivity index (χ3n) is 2.88. The molecular weight excluding hydrogens is 246 g/mol. The van der Waals surface area contributed by atoms with Gasteiger partial charge in [0, 0.05) is 29.9 Å². The molecule has 0 amide bonds. The maximum absolute atomic E-state index is 6.07. The van der Waals surface area contributed by atoms with E-state index in [2.05, 4.69) is 16.5 Å². The maximum atomic E-state index is 6.07. The molecule has 0 aliphatic carbocycles. The van der Waals surface area contributed by atoms with E-state index in [4.69, 9.17) is 17.3 Å². The molecule has 18 heavy (non-hydrogen) atoms. The first-order valence-electron chi connectivity index (χ1n) is 6.18. The van der Waals surface area contributed by atoms with Crippen molar-refractivity contribution in [3.63, 3.8) is 0 Å². The molecule has 1 atom stereocenters. The van der Waals surface area contributed by atoms with Crippen LogP contribution in [0.5, 0.6) is 0 Å². The Kier molecular flexibility index (Phi) is 4.04. The first-order valence-corrected chi connectivity index (χ1v) is 6.56. The molecule has 96 valence electrons. The van der Waals surface area contributed by atoms with Gasteiger partial charge in [0.05, 0.1) is 5.69 Å². The number of nitrogens with two attached hydrogens (primary N) is 1. The van der Waals surface area contributed by atoms with Gasteiger partial charge >= 0.3 is 0 Å². The molecule has 2 N–H and O–H groups in total. The van der Waals surface area contributed by atoms with Gasteiger partial charge in [-0.3, -0.25) is 0 Å². The standard InChI is InChI=1S/C14H18ClN3/c1-3-14-17-6-7-18(14)13-5-4-12(15)9-11(13)8-10(2)16/h4-7,9-10H,3,8,16H2,1-2H3. The highest BCUT2D eigenvalue weighted by molar-refractivity contribution is 6.30. The number of halogens is 1. The van der Waals surface area contributed by atoms with Crippen LogP contribution in [0.4, 0.5) is 0 Å². The number of hydrogen-bond donors (Lipinski definition) is 1. The van der Waals surface area contributed by atoms with Crippen molar-refractivity contribution in [3.05, 3.63) is 47.0 Å². The number of hydrogen-bond acceptors (Lipinski definition) is 2. The summed E-state index contributed by atoms with van der Waals surface area (Å²) >= 11 is 6.07. The summed E-state index contributed by atoms with van der Waals surface area (Å²) in [6.07, 6.45) is 5.50. The van der Waals surface area contributed by atoms with E-state index in [1.54, 1.807) is 0 Å². The molecule has 2 rings (SSSR count). The van der Waals surface area contributed by atoms with E-state index in [0.29, 0.717) is 0 Å². The molecule has 1 aromatic carbocycles. The highest BCUT2D eigenvalue weighted by atomic mass is 35.5. The second-order valence-electron chi connectivity index (χ2n) is 4.52. The fourth-order valence-corrected chi connectivity index (χ4v) is 2.31. The molecule has 4 heteroatoms. The number of aryl methyl sites for hydroxylation is 1. The van der Waals surface area contributed by atoms with E-state index in [9.17, 15) is 0 Å². The van der Waals surface area contributed by atoms with E-state index in [1.165, 1.54) is 0 Å². The number of imidazole rings is 1. The molecular formula is C14H18ClN3.